The van der Waals surface area contributed by atoms with Crippen molar-refractivity contribution in [2.75, 3.05) is 0 Å². The second-order valence-electron chi connectivity index (χ2n) is 5.09. The molecule has 3 rings (SSSR count). The Bertz CT molecular complexity index is 285. The lowest BCUT2D eigenvalue weighted by atomic mass is 9.79. The van der Waals surface area contributed by atoms with Gasteiger partial charge in [0.25, 0.3) is 0 Å². The van der Waals surface area contributed by atoms with Gasteiger partial charge in [-0.1, -0.05) is 11.1 Å². The second kappa shape index (κ2) is 2.50. The molecular weight excluding hydrogens is 156 g/mol. The van der Waals surface area contributed by atoms with Crippen molar-refractivity contribution in [3.63, 3.8) is 0 Å². The highest BCUT2D eigenvalue weighted by molar-refractivity contribution is 5.49. The van der Waals surface area contributed by atoms with Crippen LogP contribution in [0.3, 0.4) is 0 Å². The number of hydrogen-bond donors (Lipinski definition) is 0. The number of allylic oxidation sites excluding steroid dienone is 4. The molecule has 0 spiro atoms. The van der Waals surface area contributed by atoms with Crippen molar-refractivity contribution in [2.45, 2.75) is 46.0 Å². The molecule has 70 valence electrons. The zero-order chi connectivity index (χ0) is 9.00. The number of rotatable bonds is 0. The molecule has 0 aliphatic heterocycles. The van der Waals surface area contributed by atoms with E-state index < -0.39 is 0 Å². The first-order chi connectivity index (χ1) is 6.27. The van der Waals surface area contributed by atoms with Gasteiger partial charge in [-0.15, -0.1) is 0 Å². The SMILES string of the molecule is CC1=C2C(=C(C)CC1)C1CCC2C1. The fraction of sp³-hybridized carbons (Fsp3) is 0.692. The first-order valence-electron chi connectivity index (χ1n) is 5.67. The normalized spacial score (nSPS) is 37.4. The molecule has 0 saturated heterocycles. The summed E-state index contributed by atoms with van der Waals surface area (Å²) >= 11 is 0. The summed E-state index contributed by atoms with van der Waals surface area (Å²) in [6, 6.07) is 0. The van der Waals surface area contributed by atoms with Crippen molar-refractivity contribution in [1.82, 2.24) is 0 Å². The van der Waals surface area contributed by atoms with E-state index in [9.17, 15) is 0 Å². The van der Waals surface area contributed by atoms with Crippen molar-refractivity contribution in [2.24, 2.45) is 11.8 Å². The maximum absolute atomic E-state index is 2.36. The summed E-state index contributed by atoms with van der Waals surface area (Å²) in [6.45, 7) is 4.73. The Morgan fingerprint density at radius 2 is 1.31 bits per heavy atom. The molecular formula is C13H18. The minimum Gasteiger partial charge on any atom is -0.0692 e. The van der Waals surface area contributed by atoms with Gasteiger partial charge in [-0.2, -0.15) is 0 Å². The highest BCUT2D eigenvalue weighted by atomic mass is 14.5. The van der Waals surface area contributed by atoms with E-state index in [1.165, 1.54) is 32.1 Å². The van der Waals surface area contributed by atoms with Crippen molar-refractivity contribution in [3.8, 4) is 0 Å². The van der Waals surface area contributed by atoms with Crippen LogP contribution in [0.15, 0.2) is 22.3 Å². The molecule has 0 heteroatoms. The predicted molar refractivity (Wildman–Crippen MR) is 55.5 cm³/mol. The average Bonchev–Trinajstić information content (AvgIpc) is 2.70. The van der Waals surface area contributed by atoms with Gasteiger partial charge >= 0.3 is 0 Å². The molecule has 0 aromatic rings. The van der Waals surface area contributed by atoms with Crippen LogP contribution in [-0.2, 0) is 0 Å². The van der Waals surface area contributed by atoms with Gasteiger partial charge in [-0.25, -0.2) is 0 Å². The van der Waals surface area contributed by atoms with Crippen molar-refractivity contribution < 1.29 is 0 Å². The first kappa shape index (κ1) is 7.84. The van der Waals surface area contributed by atoms with Crippen molar-refractivity contribution in [1.29, 1.82) is 0 Å². The van der Waals surface area contributed by atoms with Gasteiger partial charge in [-0.3, -0.25) is 0 Å². The van der Waals surface area contributed by atoms with Gasteiger partial charge < -0.3 is 0 Å². The smallest absolute Gasteiger partial charge is 0.0154 e. The third kappa shape index (κ3) is 0.920. The molecule has 0 aromatic carbocycles. The minimum absolute atomic E-state index is 0.968. The summed E-state index contributed by atoms with van der Waals surface area (Å²) in [5.74, 6) is 1.94. The molecule has 13 heavy (non-hydrogen) atoms. The van der Waals surface area contributed by atoms with Gasteiger partial charge in [0.15, 0.2) is 0 Å². The van der Waals surface area contributed by atoms with Crippen LogP contribution < -0.4 is 0 Å². The predicted octanol–water partition coefficient (Wildman–Crippen LogP) is 3.84. The summed E-state index contributed by atoms with van der Waals surface area (Å²) in [7, 11) is 0. The van der Waals surface area contributed by atoms with Crippen LogP contribution in [0.25, 0.3) is 0 Å². The first-order valence-corrected chi connectivity index (χ1v) is 5.67. The topological polar surface area (TPSA) is 0 Å². The summed E-state index contributed by atoms with van der Waals surface area (Å²) in [5.41, 5.74) is 7.04. The Labute approximate surface area is 80.7 Å². The maximum atomic E-state index is 2.36. The highest BCUT2D eigenvalue weighted by Crippen LogP contribution is 2.56. The summed E-state index contributed by atoms with van der Waals surface area (Å²) in [6.07, 6.45) is 7.13. The van der Waals surface area contributed by atoms with Gasteiger partial charge in [-0.05, 0) is 68.9 Å². The largest absolute Gasteiger partial charge is 0.0692 e. The summed E-state index contributed by atoms with van der Waals surface area (Å²) in [5, 5.41) is 0. The van der Waals surface area contributed by atoms with Crippen LogP contribution in [0.1, 0.15) is 46.0 Å². The van der Waals surface area contributed by atoms with E-state index in [-0.39, 0.29) is 0 Å². The standard InChI is InChI=1S/C13H18/c1-8-3-4-9(2)13-11-6-5-10(7-11)12(8)13/h10-11H,3-7H2,1-2H3. The molecule has 0 nitrogen and oxygen atoms in total. The Morgan fingerprint density at radius 1 is 0.846 bits per heavy atom. The van der Waals surface area contributed by atoms with E-state index in [0.717, 1.165) is 11.8 Å². The highest BCUT2D eigenvalue weighted by Gasteiger charge is 2.42. The minimum atomic E-state index is 0.968. The molecule has 0 amide bonds. The van der Waals surface area contributed by atoms with Crippen LogP contribution in [0.4, 0.5) is 0 Å². The zero-order valence-electron chi connectivity index (χ0n) is 8.69. The molecule has 2 unspecified atom stereocenters. The third-order valence-electron chi connectivity index (χ3n) is 4.33. The number of hydrogen-bond acceptors (Lipinski definition) is 0. The van der Waals surface area contributed by atoms with Gasteiger partial charge in [0.2, 0.25) is 0 Å². The van der Waals surface area contributed by atoms with Gasteiger partial charge in [0.1, 0.15) is 0 Å². The monoisotopic (exact) mass is 174 g/mol. The molecule has 2 saturated carbocycles. The molecule has 2 atom stereocenters. The van der Waals surface area contributed by atoms with E-state index >= 15 is 0 Å². The Morgan fingerprint density at radius 3 is 1.77 bits per heavy atom. The lowest BCUT2D eigenvalue weighted by Crippen LogP contribution is -2.10. The third-order valence-corrected chi connectivity index (χ3v) is 4.33. The molecule has 2 bridgehead atoms. The fourth-order valence-electron chi connectivity index (χ4n) is 3.75. The van der Waals surface area contributed by atoms with E-state index in [1.54, 1.807) is 22.3 Å². The quantitative estimate of drug-likeness (QED) is 0.523. The molecule has 0 N–H and O–H groups in total. The van der Waals surface area contributed by atoms with Crippen molar-refractivity contribution >= 4 is 0 Å². The Kier molecular flexibility index (Phi) is 1.51. The van der Waals surface area contributed by atoms with Crippen LogP contribution in [0.5, 0.6) is 0 Å². The van der Waals surface area contributed by atoms with Crippen LogP contribution in [0, 0.1) is 11.8 Å². The molecule has 3 aliphatic rings. The Hall–Kier alpha value is -0.520. The van der Waals surface area contributed by atoms with E-state index in [1.807, 2.05) is 0 Å². The van der Waals surface area contributed by atoms with Gasteiger partial charge in [0, 0.05) is 0 Å². The molecule has 3 aliphatic carbocycles. The second-order valence-corrected chi connectivity index (χ2v) is 5.09. The molecule has 0 radical (unpaired) electrons. The fourth-order valence-corrected chi connectivity index (χ4v) is 3.75. The lowest BCUT2D eigenvalue weighted by Gasteiger charge is -2.27. The Balaban J connectivity index is 2.16. The maximum Gasteiger partial charge on any atom is -0.0154 e. The average molecular weight is 174 g/mol. The van der Waals surface area contributed by atoms with Gasteiger partial charge in [0.05, 0.1) is 0 Å². The van der Waals surface area contributed by atoms with E-state index in [2.05, 4.69) is 13.8 Å². The van der Waals surface area contributed by atoms with E-state index in [4.69, 9.17) is 0 Å². The van der Waals surface area contributed by atoms with Crippen LogP contribution in [-0.4, -0.2) is 0 Å². The summed E-state index contributed by atoms with van der Waals surface area (Å²) in [4.78, 5) is 0. The molecule has 0 aromatic heterocycles. The van der Waals surface area contributed by atoms with Crippen LogP contribution in [0.2, 0.25) is 0 Å². The summed E-state index contributed by atoms with van der Waals surface area (Å²) < 4.78 is 0. The molecule has 2 fully saturated rings. The van der Waals surface area contributed by atoms with E-state index in [0.29, 0.717) is 0 Å². The van der Waals surface area contributed by atoms with Crippen molar-refractivity contribution in [3.05, 3.63) is 22.3 Å². The molecule has 0 heterocycles. The van der Waals surface area contributed by atoms with Crippen LogP contribution >= 0.6 is 0 Å². The zero-order valence-corrected chi connectivity index (χ0v) is 8.69. The lowest BCUT2D eigenvalue weighted by molar-refractivity contribution is 0.624. The number of fused-ring (bicyclic) bond motifs is 5.